The summed E-state index contributed by atoms with van der Waals surface area (Å²) in [6.07, 6.45) is 4.48. The van der Waals surface area contributed by atoms with Gasteiger partial charge in [0.1, 0.15) is 11.6 Å². The highest BCUT2D eigenvalue weighted by molar-refractivity contribution is 6.31. The van der Waals surface area contributed by atoms with Crippen LogP contribution < -0.4 is 5.32 Å². The Labute approximate surface area is 141 Å². The number of piperazine rings is 1. The maximum absolute atomic E-state index is 14.4. The standard InChI is InChI=1S/C16H21ClF2N2.ClH/c17-15-13(19)6-5-12(18)14(15)16(11-3-1-2-4-11)21-9-7-20-8-10-21;/h5-6,11,16,20H,1-4,7-10H2;1H/t16-;/m1./s1. The van der Waals surface area contributed by atoms with Crippen molar-refractivity contribution in [3.8, 4) is 0 Å². The summed E-state index contributed by atoms with van der Waals surface area (Å²) in [6, 6.07) is 2.23. The third kappa shape index (κ3) is 3.56. The zero-order valence-electron chi connectivity index (χ0n) is 12.5. The van der Waals surface area contributed by atoms with E-state index >= 15 is 0 Å². The van der Waals surface area contributed by atoms with Gasteiger partial charge >= 0.3 is 0 Å². The van der Waals surface area contributed by atoms with E-state index in [0.717, 1.165) is 45.1 Å². The van der Waals surface area contributed by atoms with Crippen LogP contribution in [-0.4, -0.2) is 31.1 Å². The number of nitrogens with zero attached hydrogens (tertiary/aromatic N) is 1. The topological polar surface area (TPSA) is 15.3 Å². The van der Waals surface area contributed by atoms with E-state index in [4.69, 9.17) is 11.6 Å². The molecule has 3 rings (SSSR count). The molecule has 2 fully saturated rings. The van der Waals surface area contributed by atoms with Crippen molar-refractivity contribution in [1.82, 2.24) is 10.2 Å². The normalized spacial score (nSPS) is 21.6. The van der Waals surface area contributed by atoms with Crippen molar-refractivity contribution in [1.29, 1.82) is 0 Å². The molecule has 0 amide bonds. The van der Waals surface area contributed by atoms with Crippen LogP contribution >= 0.6 is 24.0 Å². The number of hydrogen-bond donors (Lipinski definition) is 1. The van der Waals surface area contributed by atoms with Crippen LogP contribution in [0.1, 0.15) is 37.3 Å². The molecule has 6 heteroatoms. The fraction of sp³-hybridized carbons (Fsp3) is 0.625. The molecule has 0 bridgehead atoms. The van der Waals surface area contributed by atoms with E-state index in [1.54, 1.807) is 0 Å². The molecule has 1 saturated heterocycles. The molecular formula is C16H22Cl2F2N2. The van der Waals surface area contributed by atoms with Crippen molar-refractivity contribution < 1.29 is 8.78 Å². The summed E-state index contributed by atoms with van der Waals surface area (Å²) >= 11 is 6.13. The molecule has 1 N–H and O–H groups in total. The highest BCUT2D eigenvalue weighted by Gasteiger charge is 2.35. The van der Waals surface area contributed by atoms with Gasteiger partial charge in [0.05, 0.1) is 5.02 Å². The van der Waals surface area contributed by atoms with Gasteiger partial charge in [0.15, 0.2) is 0 Å². The van der Waals surface area contributed by atoms with E-state index in [1.165, 1.54) is 18.9 Å². The van der Waals surface area contributed by atoms with Gasteiger partial charge < -0.3 is 5.32 Å². The van der Waals surface area contributed by atoms with E-state index in [1.807, 2.05) is 0 Å². The first-order valence-corrected chi connectivity index (χ1v) is 8.14. The molecule has 1 saturated carbocycles. The molecule has 1 aliphatic heterocycles. The van der Waals surface area contributed by atoms with Crippen molar-refractivity contribution in [2.24, 2.45) is 5.92 Å². The molecule has 1 atom stereocenters. The van der Waals surface area contributed by atoms with Gasteiger partial charge in [0.25, 0.3) is 0 Å². The second-order valence-corrected chi connectivity index (χ2v) is 6.41. The number of halogens is 4. The smallest absolute Gasteiger partial charge is 0.142 e. The number of rotatable bonds is 3. The van der Waals surface area contributed by atoms with E-state index in [-0.39, 0.29) is 29.3 Å². The largest absolute Gasteiger partial charge is 0.314 e. The minimum Gasteiger partial charge on any atom is -0.314 e. The Kier molecular flexibility index (Phi) is 6.45. The average molecular weight is 351 g/mol. The summed E-state index contributed by atoms with van der Waals surface area (Å²) in [7, 11) is 0. The van der Waals surface area contributed by atoms with Crippen LogP contribution in [-0.2, 0) is 0 Å². The molecule has 0 aromatic heterocycles. The molecule has 2 nitrogen and oxygen atoms in total. The zero-order valence-corrected chi connectivity index (χ0v) is 14.0. The first-order valence-electron chi connectivity index (χ1n) is 7.76. The summed E-state index contributed by atoms with van der Waals surface area (Å²) in [5.74, 6) is -0.528. The zero-order chi connectivity index (χ0) is 14.8. The first kappa shape index (κ1) is 17.9. The summed E-state index contributed by atoms with van der Waals surface area (Å²) in [5, 5.41) is 3.27. The summed E-state index contributed by atoms with van der Waals surface area (Å²) < 4.78 is 28.2. The first-order chi connectivity index (χ1) is 10.2. The van der Waals surface area contributed by atoms with E-state index in [0.29, 0.717) is 11.5 Å². The van der Waals surface area contributed by atoms with Crippen molar-refractivity contribution in [2.45, 2.75) is 31.7 Å². The second-order valence-electron chi connectivity index (χ2n) is 6.03. The summed E-state index contributed by atoms with van der Waals surface area (Å²) in [5.41, 5.74) is 0.366. The lowest BCUT2D eigenvalue weighted by Crippen LogP contribution is -2.47. The molecule has 0 spiro atoms. The summed E-state index contributed by atoms with van der Waals surface area (Å²) in [4.78, 5) is 2.27. The molecule has 0 radical (unpaired) electrons. The van der Waals surface area contributed by atoms with Crippen LogP contribution in [0.5, 0.6) is 0 Å². The van der Waals surface area contributed by atoms with Gasteiger partial charge in [-0.25, -0.2) is 8.78 Å². The molecule has 0 unspecified atom stereocenters. The fourth-order valence-corrected chi connectivity index (χ4v) is 4.03. The Morgan fingerprint density at radius 2 is 1.68 bits per heavy atom. The molecule has 1 heterocycles. The average Bonchev–Trinajstić information content (AvgIpc) is 3.02. The molecule has 1 aromatic carbocycles. The van der Waals surface area contributed by atoms with Gasteiger partial charge in [-0.05, 0) is 30.9 Å². The Morgan fingerprint density at radius 1 is 1.09 bits per heavy atom. The fourth-order valence-electron chi connectivity index (χ4n) is 3.76. The van der Waals surface area contributed by atoms with Crippen LogP contribution in [0.3, 0.4) is 0 Å². The van der Waals surface area contributed by atoms with Gasteiger partial charge in [-0.15, -0.1) is 12.4 Å². The van der Waals surface area contributed by atoms with Gasteiger partial charge in [0.2, 0.25) is 0 Å². The predicted octanol–water partition coefficient (Wildman–Crippen LogP) is 4.18. The molecule has 2 aliphatic rings. The molecule has 1 aromatic rings. The third-order valence-corrected chi connectivity index (χ3v) is 5.15. The lowest BCUT2D eigenvalue weighted by molar-refractivity contribution is 0.122. The minimum atomic E-state index is -0.522. The van der Waals surface area contributed by atoms with Crippen LogP contribution in [0.2, 0.25) is 5.02 Å². The van der Waals surface area contributed by atoms with Gasteiger partial charge in [-0.1, -0.05) is 24.4 Å². The van der Waals surface area contributed by atoms with Crippen molar-refractivity contribution in [2.75, 3.05) is 26.2 Å². The summed E-state index contributed by atoms with van der Waals surface area (Å²) in [6.45, 7) is 3.48. The van der Waals surface area contributed by atoms with Crippen molar-refractivity contribution >= 4 is 24.0 Å². The predicted molar refractivity (Wildman–Crippen MR) is 87.8 cm³/mol. The highest BCUT2D eigenvalue weighted by atomic mass is 35.5. The molecule has 124 valence electrons. The molecular weight excluding hydrogens is 329 g/mol. The van der Waals surface area contributed by atoms with Crippen LogP contribution in [0.25, 0.3) is 0 Å². The van der Waals surface area contributed by atoms with Gasteiger partial charge in [0, 0.05) is 37.8 Å². The Morgan fingerprint density at radius 3 is 2.32 bits per heavy atom. The number of hydrogen-bond acceptors (Lipinski definition) is 2. The Bertz CT molecular complexity index is 501. The third-order valence-electron chi connectivity index (χ3n) is 4.77. The van der Waals surface area contributed by atoms with E-state index < -0.39 is 5.82 Å². The van der Waals surface area contributed by atoms with Crippen molar-refractivity contribution in [3.63, 3.8) is 0 Å². The van der Waals surface area contributed by atoms with E-state index in [9.17, 15) is 8.78 Å². The highest BCUT2D eigenvalue weighted by Crippen LogP contribution is 2.43. The maximum Gasteiger partial charge on any atom is 0.142 e. The van der Waals surface area contributed by atoms with Crippen LogP contribution in [0.4, 0.5) is 8.78 Å². The van der Waals surface area contributed by atoms with Crippen molar-refractivity contribution in [3.05, 3.63) is 34.4 Å². The Hall–Kier alpha value is -0.420. The lowest BCUT2D eigenvalue weighted by atomic mass is 9.89. The maximum atomic E-state index is 14.4. The monoisotopic (exact) mass is 350 g/mol. The van der Waals surface area contributed by atoms with Crippen LogP contribution in [0.15, 0.2) is 12.1 Å². The second kappa shape index (κ2) is 7.91. The Balaban J connectivity index is 0.00000176. The van der Waals surface area contributed by atoms with E-state index in [2.05, 4.69) is 10.2 Å². The number of benzene rings is 1. The lowest BCUT2D eigenvalue weighted by Gasteiger charge is -2.39. The quantitative estimate of drug-likeness (QED) is 0.822. The van der Waals surface area contributed by atoms with Gasteiger partial charge in [-0.3, -0.25) is 4.90 Å². The SMILES string of the molecule is Cl.Fc1ccc(F)c([C@@H](C2CCCC2)N2CCNCC2)c1Cl. The van der Waals surface area contributed by atoms with Gasteiger partial charge in [-0.2, -0.15) is 0 Å². The molecule has 22 heavy (non-hydrogen) atoms. The minimum absolute atomic E-state index is 0. The van der Waals surface area contributed by atoms with Crippen LogP contribution in [0, 0.1) is 17.6 Å². The number of nitrogens with one attached hydrogen (secondary N) is 1. The molecule has 1 aliphatic carbocycles.